The van der Waals surface area contributed by atoms with Crippen LogP contribution in [0.4, 0.5) is 0 Å². The van der Waals surface area contributed by atoms with Gasteiger partial charge in [0.15, 0.2) is 0 Å². The van der Waals surface area contributed by atoms with E-state index in [1.54, 1.807) is 4.90 Å². The smallest absolute Gasteiger partial charge is 0.354 e. The highest BCUT2D eigenvalue weighted by molar-refractivity contribution is 5.94. The minimum Gasteiger partial charge on any atom is -0.477 e. The molecule has 6 heteroatoms. The summed E-state index contributed by atoms with van der Waals surface area (Å²) in [6, 6.07) is 4.42. The van der Waals surface area contributed by atoms with Crippen molar-refractivity contribution >= 4 is 11.9 Å². The second kappa shape index (κ2) is 5.36. The summed E-state index contributed by atoms with van der Waals surface area (Å²) in [6.07, 6.45) is -0.0642. The number of carboxylic acids is 1. The van der Waals surface area contributed by atoms with Crippen molar-refractivity contribution in [3.05, 3.63) is 29.6 Å². The number of amides is 1. The number of aromatic carboxylic acids is 1. The lowest BCUT2D eigenvalue weighted by molar-refractivity contribution is -0.0587. The lowest BCUT2D eigenvalue weighted by Crippen LogP contribution is -2.48. The van der Waals surface area contributed by atoms with Gasteiger partial charge in [0.25, 0.3) is 5.91 Å². The SMILES string of the molecule is CC1CN(C(=O)c2cccc(C(=O)O)n2)CC(C)O1. The van der Waals surface area contributed by atoms with E-state index in [0.29, 0.717) is 13.1 Å². The number of carboxylic acid groups (broad SMARTS) is 1. The molecule has 1 aromatic heterocycles. The Morgan fingerprint density at radius 3 is 2.42 bits per heavy atom. The molecule has 2 unspecified atom stereocenters. The normalized spacial score (nSPS) is 23.2. The minimum absolute atomic E-state index is 0.0321. The molecule has 0 spiro atoms. The quantitative estimate of drug-likeness (QED) is 0.863. The van der Waals surface area contributed by atoms with Gasteiger partial charge in [0.2, 0.25) is 0 Å². The molecule has 0 radical (unpaired) electrons. The number of carbonyl (C=O) groups is 2. The summed E-state index contributed by atoms with van der Waals surface area (Å²) in [7, 11) is 0. The molecule has 0 bridgehead atoms. The molecule has 2 heterocycles. The van der Waals surface area contributed by atoms with Gasteiger partial charge in [-0.3, -0.25) is 4.79 Å². The molecule has 1 saturated heterocycles. The Balaban J connectivity index is 2.19. The van der Waals surface area contributed by atoms with Crippen molar-refractivity contribution in [3.63, 3.8) is 0 Å². The summed E-state index contributed by atoms with van der Waals surface area (Å²) in [6.45, 7) is 4.78. The van der Waals surface area contributed by atoms with Crippen LogP contribution >= 0.6 is 0 Å². The van der Waals surface area contributed by atoms with Crippen LogP contribution < -0.4 is 0 Å². The molecular formula is C13H16N2O4. The van der Waals surface area contributed by atoms with Crippen molar-refractivity contribution in [2.45, 2.75) is 26.1 Å². The first-order valence-electron chi connectivity index (χ1n) is 6.12. The average Bonchev–Trinajstić information content (AvgIpc) is 2.37. The monoisotopic (exact) mass is 264 g/mol. The van der Waals surface area contributed by atoms with E-state index in [4.69, 9.17) is 9.84 Å². The van der Waals surface area contributed by atoms with E-state index in [1.807, 2.05) is 13.8 Å². The molecule has 0 aliphatic carbocycles. The first-order valence-corrected chi connectivity index (χ1v) is 6.12. The van der Waals surface area contributed by atoms with Gasteiger partial charge in [-0.2, -0.15) is 0 Å². The molecule has 1 amide bonds. The summed E-state index contributed by atoms with van der Waals surface area (Å²) in [5.41, 5.74) is 0.0291. The Hall–Kier alpha value is -1.95. The average molecular weight is 264 g/mol. The Bertz CT molecular complexity index is 493. The van der Waals surface area contributed by atoms with E-state index in [-0.39, 0.29) is 29.5 Å². The molecule has 1 fully saturated rings. The van der Waals surface area contributed by atoms with Crippen molar-refractivity contribution in [3.8, 4) is 0 Å². The molecule has 1 aliphatic heterocycles. The summed E-state index contributed by atoms with van der Waals surface area (Å²) >= 11 is 0. The van der Waals surface area contributed by atoms with Crippen molar-refractivity contribution < 1.29 is 19.4 Å². The van der Waals surface area contributed by atoms with Crippen LogP contribution in [0.25, 0.3) is 0 Å². The number of carbonyl (C=O) groups excluding carboxylic acids is 1. The summed E-state index contributed by atoms with van der Waals surface area (Å²) in [4.78, 5) is 28.6. The van der Waals surface area contributed by atoms with Gasteiger partial charge in [-0.1, -0.05) is 6.07 Å². The lowest BCUT2D eigenvalue weighted by atomic mass is 10.2. The van der Waals surface area contributed by atoms with Crippen molar-refractivity contribution in [1.82, 2.24) is 9.88 Å². The molecule has 2 rings (SSSR count). The Kier molecular flexibility index (Phi) is 3.80. The van der Waals surface area contributed by atoms with Gasteiger partial charge in [-0.05, 0) is 26.0 Å². The van der Waals surface area contributed by atoms with Crippen LogP contribution in [0.2, 0.25) is 0 Å². The first-order chi connectivity index (χ1) is 8.97. The zero-order valence-electron chi connectivity index (χ0n) is 10.9. The predicted molar refractivity (Wildman–Crippen MR) is 67.1 cm³/mol. The fourth-order valence-electron chi connectivity index (χ4n) is 2.18. The number of nitrogens with zero attached hydrogens (tertiary/aromatic N) is 2. The van der Waals surface area contributed by atoms with E-state index in [1.165, 1.54) is 18.2 Å². The number of rotatable bonds is 2. The van der Waals surface area contributed by atoms with Gasteiger partial charge < -0.3 is 14.7 Å². The summed E-state index contributed by atoms with van der Waals surface area (Å²) < 4.78 is 5.56. The first kappa shape index (κ1) is 13.5. The van der Waals surface area contributed by atoms with Crippen LogP contribution in [0.1, 0.15) is 34.8 Å². The summed E-state index contributed by atoms with van der Waals surface area (Å²) in [5, 5.41) is 8.88. The Morgan fingerprint density at radius 1 is 1.26 bits per heavy atom. The third kappa shape index (κ3) is 3.08. The number of morpholine rings is 1. The highest BCUT2D eigenvalue weighted by Gasteiger charge is 2.27. The maximum atomic E-state index is 12.3. The molecule has 1 N–H and O–H groups in total. The standard InChI is InChI=1S/C13H16N2O4/c1-8-6-15(7-9(2)19-8)12(16)10-4-3-5-11(14-10)13(17)18/h3-5,8-9H,6-7H2,1-2H3,(H,17,18). The van der Waals surface area contributed by atoms with E-state index in [9.17, 15) is 9.59 Å². The molecule has 0 saturated carbocycles. The maximum absolute atomic E-state index is 12.3. The van der Waals surface area contributed by atoms with Crippen LogP contribution in [0, 0.1) is 0 Å². The number of aromatic nitrogens is 1. The van der Waals surface area contributed by atoms with Gasteiger partial charge in [-0.15, -0.1) is 0 Å². The molecule has 0 aromatic carbocycles. The summed E-state index contributed by atoms with van der Waals surface area (Å²) in [5.74, 6) is -1.40. The second-order valence-electron chi connectivity index (χ2n) is 4.68. The zero-order chi connectivity index (χ0) is 14.0. The third-order valence-electron chi connectivity index (χ3n) is 2.89. The number of hydrogen-bond donors (Lipinski definition) is 1. The van der Waals surface area contributed by atoms with Gasteiger partial charge in [0, 0.05) is 13.1 Å². The Morgan fingerprint density at radius 2 is 1.84 bits per heavy atom. The van der Waals surface area contributed by atoms with Crippen molar-refractivity contribution in [2.75, 3.05) is 13.1 Å². The second-order valence-corrected chi connectivity index (χ2v) is 4.68. The number of pyridine rings is 1. The fraction of sp³-hybridized carbons (Fsp3) is 0.462. The van der Waals surface area contributed by atoms with E-state index < -0.39 is 5.97 Å². The molecule has 2 atom stereocenters. The minimum atomic E-state index is -1.14. The van der Waals surface area contributed by atoms with Crippen LogP contribution in [0.3, 0.4) is 0 Å². The van der Waals surface area contributed by atoms with Crippen LogP contribution in [0.15, 0.2) is 18.2 Å². The number of hydrogen-bond acceptors (Lipinski definition) is 4. The van der Waals surface area contributed by atoms with Crippen molar-refractivity contribution in [1.29, 1.82) is 0 Å². The van der Waals surface area contributed by atoms with Gasteiger partial charge in [0.05, 0.1) is 12.2 Å². The van der Waals surface area contributed by atoms with Crippen LogP contribution in [-0.4, -0.2) is 52.2 Å². The molecule has 102 valence electrons. The lowest BCUT2D eigenvalue weighted by Gasteiger charge is -2.35. The molecule has 1 aromatic rings. The van der Waals surface area contributed by atoms with Gasteiger partial charge >= 0.3 is 5.97 Å². The molecule has 19 heavy (non-hydrogen) atoms. The van der Waals surface area contributed by atoms with Crippen molar-refractivity contribution in [2.24, 2.45) is 0 Å². The van der Waals surface area contributed by atoms with Crippen LogP contribution in [0.5, 0.6) is 0 Å². The largest absolute Gasteiger partial charge is 0.477 e. The maximum Gasteiger partial charge on any atom is 0.354 e. The molecule has 1 aliphatic rings. The van der Waals surface area contributed by atoms with E-state index in [2.05, 4.69) is 4.98 Å². The molecular weight excluding hydrogens is 248 g/mol. The van der Waals surface area contributed by atoms with E-state index in [0.717, 1.165) is 0 Å². The Labute approximate surface area is 111 Å². The topological polar surface area (TPSA) is 79.7 Å². The van der Waals surface area contributed by atoms with E-state index >= 15 is 0 Å². The third-order valence-corrected chi connectivity index (χ3v) is 2.89. The van der Waals surface area contributed by atoms with Gasteiger partial charge in [-0.25, -0.2) is 9.78 Å². The highest BCUT2D eigenvalue weighted by atomic mass is 16.5. The zero-order valence-corrected chi connectivity index (χ0v) is 10.9. The predicted octanol–water partition coefficient (Wildman–Crippen LogP) is 1.03. The van der Waals surface area contributed by atoms with Gasteiger partial charge in [0.1, 0.15) is 11.4 Å². The highest BCUT2D eigenvalue weighted by Crippen LogP contribution is 2.13. The van der Waals surface area contributed by atoms with Crippen LogP contribution in [-0.2, 0) is 4.74 Å². The fourth-order valence-corrected chi connectivity index (χ4v) is 2.18. The molecule has 6 nitrogen and oxygen atoms in total. The number of ether oxygens (including phenoxy) is 1.